The summed E-state index contributed by atoms with van der Waals surface area (Å²) in [5.74, 6) is 0.182. The number of nitrogens with one attached hydrogen (secondary N) is 1. The summed E-state index contributed by atoms with van der Waals surface area (Å²) in [6.45, 7) is 11.8. The fraction of sp³-hybridized carbons (Fsp3) is 0.500. The van der Waals surface area contributed by atoms with Crippen molar-refractivity contribution in [1.29, 1.82) is 0 Å². The number of allylic oxidation sites excluding steroid dienone is 4. The number of nitrogens with two attached hydrogens (primary N) is 1. The van der Waals surface area contributed by atoms with Gasteiger partial charge in [-0.15, -0.1) is 0 Å². The number of carbonyl (C=O) groups excluding carboxylic acids is 1. The minimum atomic E-state index is -0.0737. The number of fused-ring (bicyclic) bond motifs is 2. The molecule has 220 valence electrons. The molecule has 5 heteroatoms. The Labute approximate surface area is 248 Å². The van der Waals surface area contributed by atoms with E-state index in [-0.39, 0.29) is 16.7 Å². The summed E-state index contributed by atoms with van der Waals surface area (Å²) in [6, 6.07) is 17.5. The molecular weight excluding hydrogens is 504 g/mol. The highest BCUT2D eigenvalue weighted by molar-refractivity contribution is 6.03. The highest BCUT2D eigenvalue weighted by atomic mass is 16.1. The van der Waals surface area contributed by atoms with E-state index >= 15 is 0 Å². The van der Waals surface area contributed by atoms with Gasteiger partial charge in [-0.05, 0) is 63.8 Å². The smallest absolute Gasteiger partial charge is 0.219 e. The SMILES string of the molecule is C[N+]1=C(C=CC=C2N(CCCCCC(=O)NCCCCCCN)c3ccccc3C2(C)C)C(C)(C)c2ccccc21. The number of para-hydroxylation sites is 2. The van der Waals surface area contributed by atoms with Gasteiger partial charge in [0.1, 0.15) is 7.05 Å². The average molecular weight is 556 g/mol. The number of amides is 1. The second kappa shape index (κ2) is 13.7. The molecule has 0 spiro atoms. The number of rotatable bonds is 14. The fourth-order valence-corrected chi connectivity index (χ4v) is 6.59. The first-order valence-electron chi connectivity index (χ1n) is 15.6. The lowest BCUT2D eigenvalue weighted by Crippen LogP contribution is -2.28. The zero-order chi connectivity index (χ0) is 29.5. The summed E-state index contributed by atoms with van der Waals surface area (Å²) < 4.78 is 2.33. The molecular formula is C36H51N4O+. The van der Waals surface area contributed by atoms with Crippen molar-refractivity contribution in [1.82, 2.24) is 5.32 Å². The standard InChI is InChI=1S/C36H50N4O/c1-35(2)28-18-10-12-20-30(28)39(5)32(35)22-17-23-33-36(3,4)29-19-11-13-21-31(29)40(33)27-16-8-9-24-34(41)38-26-15-7-6-14-25-37/h10-13,17-23H,6-9,14-16,24-27,37H2,1-5H3/p+1. The van der Waals surface area contributed by atoms with Gasteiger partial charge in [-0.25, -0.2) is 0 Å². The number of nitrogens with zero attached hydrogens (tertiary/aromatic N) is 2. The van der Waals surface area contributed by atoms with Crippen molar-refractivity contribution < 1.29 is 9.37 Å². The van der Waals surface area contributed by atoms with Gasteiger partial charge in [-0.2, -0.15) is 4.58 Å². The zero-order valence-corrected chi connectivity index (χ0v) is 26.0. The summed E-state index contributed by atoms with van der Waals surface area (Å²) in [4.78, 5) is 14.8. The summed E-state index contributed by atoms with van der Waals surface area (Å²) >= 11 is 0. The Balaban J connectivity index is 1.38. The molecule has 0 saturated carbocycles. The van der Waals surface area contributed by atoms with Crippen LogP contribution in [0.4, 0.5) is 11.4 Å². The Bertz CT molecular complexity index is 1300. The molecule has 2 aliphatic rings. The van der Waals surface area contributed by atoms with Crippen LogP contribution in [0, 0.1) is 0 Å². The lowest BCUT2D eigenvalue weighted by Gasteiger charge is -2.27. The van der Waals surface area contributed by atoms with E-state index in [0.29, 0.717) is 6.42 Å². The Hall–Kier alpha value is -3.18. The van der Waals surface area contributed by atoms with E-state index in [9.17, 15) is 4.79 Å². The van der Waals surface area contributed by atoms with E-state index < -0.39 is 0 Å². The maximum absolute atomic E-state index is 12.3. The average Bonchev–Trinajstić information content (AvgIpc) is 3.29. The molecule has 0 unspecified atom stereocenters. The van der Waals surface area contributed by atoms with Crippen molar-refractivity contribution in [3.63, 3.8) is 0 Å². The van der Waals surface area contributed by atoms with Crippen molar-refractivity contribution in [3.05, 3.63) is 83.6 Å². The molecule has 41 heavy (non-hydrogen) atoms. The van der Waals surface area contributed by atoms with Crippen LogP contribution >= 0.6 is 0 Å². The van der Waals surface area contributed by atoms with Crippen LogP contribution in [-0.2, 0) is 15.6 Å². The van der Waals surface area contributed by atoms with Crippen LogP contribution < -0.4 is 16.0 Å². The van der Waals surface area contributed by atoms with Crippen molar-refractivity contribution in [2.45, 2.75) is 89.9 Å². The number of benzene rings is 2. The molecule has 0 saturated heterocycles. The van der Waals surface area contributed by atoms with Gasteiger partial charge in [0.05, 0.1) is 5.41 Å². The predicted molar refractivity (Wildman–Crippen MR) is 173 cm³/mol. The van der Waals surface area contributed by atoms with Gasteiger partial charge < -0.3 is 16.0 Å². The predicted octanol–water partition coefficient (Wildman–Crippen LogP) is 7.13. The highest BCUT2D eigenvalue weighted by Crippen LogP contribution is 2.47. The Morgan fingerprint density at radius 2 is 1.56 bits per heavy atom. The molecule has 0 atom stereocenters. The molecule has 2 aliphatic heterocycles. The zero-order valence-electron chi connectivity index (χ0n) is 26.0. The van der Waals surface area contributed by atoms with Crippen LogP contribution in [-0.4, -0.2) is 42.9 Å². The number of carbonyl (C=O) groups is 1. The largest absolute Gasteiger partial charge is 0.356 e. The van der Waals surface area contributed by atoms with Gasteiger partial charge >= 0.3 is 0 Å². The third-order valence-electron chi connectivity index (χ3n) is 8.99. The first kappa shape index (κ1) is 30.8. The highest BCUT2D eigenvalue weighted by Gasteiger charge is 2.43. The van der Waals surface area contributed by atoms with Crippen LogP contribution in [0.5, 0.6) is 0 Å². The van der Waals surface area contributed by atoms with Crippen molar-refractivity contribution >= 4 is 23.0 Å². The minimum absolute atomic E-state index is 0.0367. The second-order valence-corrected chi connectivity index (χ2v) is 12.7. The van der Waals surface area contributed by atoms with Crippen molar-refractivity contribution in [3.8, 4) is 0 Å². The monoisotopic (exact) mass is 555 g/mol. The number of hydrogen-bond donors (Lipinski definition) is 2. The van der Waals surface area contributed by atoms with E-state index in [2.05, 4.69) is 116 Å². The molecule has 0 aromatic heterocycles. The summed E-state index contributed by atoms with van der Waals surface area (Å²) in [7, 11) is 2.17. The molecule has 2 aromatic carbocycles. The van der Waals surface area contributed by atoms with Gasteiger partial charge in [-0.1, -0.05) is 75.6 Å². The van der Waals surface area contributed by atoms with Crippen molar-refractivity contribution in [2.75, 3.05) is 31.6 Å². The van der Waals surface area contributed by atoms with E-state index in [1.807, 2.05) is 0 Å². The molecule has 2 aromatic rings. The quantitative estimate of drug-likeness (QED) is 0.193. The number of hydrogen-bond acceptors (Lipinski definition) is 3. The Morgan fingerprint density at radius 1 is 0.878 bits per heavy atom. The molecule has 1 amide bonds. The second-order valence-electron chi connectivity index (χ2n) is 12.7. The first-order chi connectivity index (χ1) is 19.7. The van der Waals surface area contributed by atoms with Gasteiger partial charge in [-0.3, -0.25) is 4.79 Å². The number of unbranched alkanes of at least 4 members (excludes halogenated alkanes) is 5. The Morgan fingerprint density at radius 3 is 2.32 bits per heavy atom. The molecule has 2 heterocycles. The van der Waals surface area contributed by atoms with E-state index in [1.54, 1.807) is 0 Å². The van der Waals surface area contributed by atoms with Crippen LogP contribution in [0.3, 0.4) is 0 Å². The third-order valence-corrected chi connectivity index (χ3v) is 8.99. The maximum Gasteiger partial charge on any atom is 0.219 e. The molecule has 0 fully saturated rings. The van der Waals surface area contributed by atoms with Crippen LogP contribution in [0.25, 0.3) is 0 Å². The van der Waals surface area contributed by atoms with Crippen LogP contribution in [0.1, 0.15) is 90.2 Å². The van der Waals surface area contributed by atoms with Crippen LogP contribution in [0.2, 0.25) is 0 Å². The first-order valence-corrected chi connectivity index (χ1v) is 15.6. The van der Waals surface area contributed by atoms with Gasteiger partial charge in [0.2, 0.25) is 11.6 Å². The molecule has 0 radical (unpaired) electrons. The lowest BCUT2D eigenvalue weighted by atomic mass is 9.81. The third kappa shape index (κ3) is 6.83. The molecule has 0 aliphatic carbocycles. The fourth-order valence-electron chi connectivity index (χ4n) is 6.59. The van der Waals surface area contributed by atoms with E-state index in [4.69, 9.17) is 5.73 Å². The van der Waals surface area contributed by atoms with Crippen molar-refractivity contribution in [2.24, 2.45) is 5.73 Å². The maximum atomic E-state index is 12.3. The summed E-state index contributed by atoms with van der Waals surface area (Å²) in [6.07, 6.45) is 14.9. The molecule has 5 nitrogen and oxygen atoms in total. The van der Waals surface area contributed by atoms with Gasteiger partial charge in [0, 0.05) is 54.0 Å². The molecule has 3 N–H and O–H groups in total. The van der Waals surface area contributed by atoms with Gasteiger partial charge in [0.25, 0.3) is 0 Å². The molecule has 4 rings (SSSR count). The van der Waals surface area contributed by atoms with Crippen LogP contribution in [0.15, 0.2) is 72.5 Å². The topological polar surface area (TPSA) is 61.4 Å². The molecule has 0 bridgehead atoms. The van der Waals surface area contributed by atoms with E-state index in [1.165, 1.54) is 33.9 Å². The summed E-state index contributed by atoms with van der Waals surface area (Å²) in [5, 5.41) is 3.08. The number of anilines is 1. The van der Waals surface area contributed by atoms with Gasteiger partial charge in [0.15, 0.2) is 5.71 Å². The summed E-state index contributed by atoms with van der Waals surface area (Å²) in [5.41, 5.74) is 13.4. The lowest BCUT2D eigenvalue weighted by molar-refractivity contribution is -0.401. The Kier molecular flexibility index (Phi) is 10.2. The van der Waals surface area contributed by atoms with E-state index in [0.717, 1.165) is 64.6 Å². The normalized spacial score (nSPS) is 17.9. The minimum Gasteiger partial charge on any atom is -0.356 e.